The van der Waals surface area contributed by atoms with Gasteiger partial charge in [-0.3, -0.25) is 0 Å². The average molecular weight is 529 g/mol. The van der Waals surface area contributed by atoms with Gasteiger partial charge in [0.2, 0.25) is 0 Å². The van der Waals surface area contributed by atoms with Crippen LogP contribution in [0.5, 0.6) is 0 Å². The van der Waals surface area contributed by atoms with E-state index < -0.39 is 96.7 Å². The van der Waals surface area contributed by atoms with Crippen molar-refractivity contribution >= 4 is 43.6 Å². The predicted molar refractivity (Wildman–Crippen MR) is 170 cm³/mol. The van der Waals surface area contributed by atoms with Crippen LogP contribution in [0.1, 0.15) is 33.1 Å². The molecule has 2 heterocycles. The fourth-order valence-corrected chi connectivity index (χ4v) is 5.54. The largest absolute Gasteiger partial charge is 0.309 e. The number of nitrogens with zero attached hydrogens (tertiary/aromatic N) is 2. The van der Waals surface area contributed by atoms with E-state index in [1.165, 1.54) is 9.13 Å². The van der Waals surface area contributed by atoms with Crippen LogP contribution in [0.15, 0.2) is 133 Å². The van der Waals surface area contributed by atoms with E-state index in [4.69, 9.17) is 21.9 Å². The van der Waals surface area contributed by atoms with E-state index in [2.05, 4.69) is 0 Å². The van der Waals surface area contributed by atoms with Gasteiger partial charge >= 0.3 is 0 Å². The highest BCUT2D eigenvalue weighted by molar-refractivity contribution is 6.10. The van der Waals surface area contributed by atoms with Crippen LogP contribution in [-0.4, -0.2) is 9.13 Å². The number of rotatable bonds is 3. The second-order valence-corrected chi connectivity index (χ2v) is 9.56. The zero-order valence-electron chi connectivity index (χ0n) is 37.4. The molecular weight excluding hydrogens is 484 g/mol. The van der Waals surface area contributed by atoms with Gasteiger partial charge in [0.25, 0.3) is 0 Å². The molecule has 0 atom stereocenters. The summed E-state index contributed by atoms with van der Waals surface area (Å²) in [5, 5.41) is -0.0891. The second-order valence-electron chi connectivity index (χ2n) is 9.56. The first kappa shape index (κ1) is 12.0. The van der Waals surface area contributed by atoms with Gasteiger partial charge in [-0.2, -0.15) is 0 Å². The first-order valence-electron chi connectivity index (χ1n) is 20.6. The van der Waals surface area contributed by atoms with Gasteiger partial charge in [0.05, 0.1) is 44.0 Å². The van der Waals surface area contributed by atoms with Crippen molar-refractivity contribution in [2.24, 2.45) is 0 Å². The molecule has 0 aliphatic carbocycles. The van der Waals surface area contributed by atoms with E-state index in [0.29, 0.717) is 22.5 Å². The van der Waals surface area contributed by atoms with E-state index in [1.54, 1.807) is 36.4 Å². The van der Waals surface area contributed by atoms with Crippen LogP contribution < -0.4 is 0 Å². The third-order valence-corrected chi connectivity index (χ3v) is 7.29. The molecule has 0 saturated carbocycles. The first-order chi connectivity index (χ1) is 26.3. The summed E-state index contributed by atoms with van der Waals surface area (Å²) in [4.78, 5) is 0. The molecule has 190 valence electrons. The van der Waals surface area contributed by atoms with E-state index in [1.807, 2.05) is 13.8 Å². The van der Waals surface area contributed by atoms with Crippen molar-refractivity contribution in [3.05, 3.63) is 144 Å². The Kier molecular flexibility index (Phi) is 2.61. The minimum atomic E-state index is -0.527. The highest BCUT2D eigenvalue weighted by Gasteiger charge is 2.15. The van der Waals surface area contributed by atoms with Gasteiger partial charge in [-0.15, -0.1) is 0 Å². The van der Waals surface area contributed by atoms with Gasteiger partial charge < -0.3 is 9.13 Å². The molecule has 0 aliphatic heterocycles. The molecule has 0 amide bonds. The van der Waals surface area contributed by atoms with Crippen molar-refractivity contribution < 1.29 is 21.9 Å². The summed E-state index contributed by atoms with van der Waals surface area (Å²) < 4.78 is 140. The summed E-state index contributed by atoms with van der Waals surface area (Å²) >= 11 is 0. The second kappa shape index (κ2) is 8.72. The van der Waals surface area contributed by atoms with Gasteiger partial charge in [0.1, 0.15) is 0 Å². The molecule has 0 aliphatic rings. The molecule has 0 bridgehead atoms. The average Bonchev–Trinajstić information content (AvgIpc) is 3.73. The lowest BCUT2D eigenvalue weighted by Crippen LogP contribution is -1.98. The highest BCUT2D eigenvalue weighted by Crippen LogP contribution is 2.36. The van der Waals surface area contributed by atoms with Crippen LogP contribution in [0, 0.1) is 13.8 Å². The molecule has 0 fully saturated rings. The van der Waals surface area contributed by atoms with Gasteiger partial charge in [0.15, 0.2) is 0 Å². The Labute approximate surface area is 255 Å². The van der Waals surface area contributed by atoms with Crippen molar-refractivity contribution in [3.63, 3.8) is 0 Å². The molecule has 40 heavy (non-hydrogen) atoms. The zero-order chi connectivity index (χ0) is 40.7. The number of aryl methyl sites for hydroxylation is 2. The number of fused-ring (bicyclic) bond motifs is 6. The summed E-state index contributed by atoms with van der Waals surface area (Å²) in [7, 11) is 0. The van der Waals surface area contributed by atoms with Crippen LogP contribution in [0.4, 0.5) is 0 Å². The maximum absolute atomic E-state index is 8.82. The Morgan fingerprint density at radius 3 is 1.02 bits per heavy atom. The van der Waals surface area contributed by atoms with Crippen molar-refractivity contribution in [1.29, 1.82) is 0 Å². The molecule has 2 nitrogen and oxygen atoms in total. The van der Waals surface area contributed by atoms with Crippen molar-refractivity contribution in [2.75, 3.05) is 0 Å². The summed E-state index contributed by atoms with van der Waals surface area (Å²) in [5.74, 6) is 0. The standard InChI is InChI=1S/C38H28N2/c1-25-23-27(39-35-15-7-3-11-31(35)32-12-4-8-16-36(32)39)19-21-29(25)30-22-20-28(24-26(30)2)40-37-17-9-5-13-33(37)34-14-6-10-18-38(34)40/h3-24H,1-2H3/i3D,4D,5D,6D,7D,8D,9D,10D,11D,12D,13D,14D,15D,16D,17D,18D. The zero-order valence-corrected chi connectivity index (χ0v) is 21.4. The van der Waals surface area contributed by atoms with E-state index >= 15 is 0 Å². The maximum atomic E-state index is 8.82. The third-order valence-electron chi connectivity index (χ3n) is 7.29. The molecule has 0 unspecified atom stereocenters. The molecule has 0 saturated heterocycles. The van der Waals surface area contributed by atoms with E-state index in [0.717, 1.165) is 11.1 Å². The molecule has 0 radical (unpaired) electrons. The van der Waals surface area contributed by atoms with Crippen LogP contribution in [0.2, 0.25) is 0 Å². The quantitative estimate of drug-likeness (QED) is 0.216. The number of para-hydroxylation sites is 4. The lowest BCUT2D eigenvalue weighted by atomic mass is 9.95. The smallest absolute Gasteiger partial charge is 0.0645 e. The maximum Gasteiger partial charge on any atom is 0.0645 e. The van der Waals surface area contributed by atoms with Crippen LogP contribution in [0.25, 0.3) is 66.1 Å². The monoisotopic (exact) mass is 528 g/mol. The van der Waals surface area contributed by atoms with Gasteiger partial charge in [-0.1, -0.05) is 84.6 Å². The Morgan fingerprint density at radius 2 is 0.725 bits per heavy atom. The Hall–Kier alpha value is -5.08. The molecule has 8 rings (SSSR count). The van der Waals surface area contributed by atoms with E-state index in [-0.39, 0.29) is 43.6 Å². The molecule has 0 spiro atoms. The summed E-state index contributed by atoms with van der Waals surface area (Å²) in [6.07, 6.45) is 0. The Morgan fingerprint density at radius 1 is 0.425 bits per heavy atom. The Bertz CT molecular complexity index is 2760. The molecule has 8 aromatic rings. The Balaban J connectivity index is 1.36. The number of hydrogen-bond donors (Lipinski definition) is 0. The fourth-order valence-electron chi connectivity index (χ4n) is 5.54. The van der Waals surface area contributed by atoms with Gasteiger partial charge in [-0.25, -0.2) is 0 Å². The number of hydrogen-bond acceptors (Lipinski definition) is 0. The van der Waals surface area contributed by atoms with Crippen molar-refractivity contribution in [3.8, 4) is 22.5 Å². The summed E-state index contributed by atoms with van der Waals surface area (Å²) in [6.45, 7) is 3.65. The molecule has 2 aromatic heterocycles. The van der Waals surface area contributed by atoms with Crippen LogP contribution >= 0.6 is 0 Å². The highest BCUT2D eigenvalue weighted by atomic mass is 15.0. The number of benzene rings is 6. The SMILES string of the molecule is [2H]c1c([2H])c([2H])c2c(c1[2H])c1c([2H])c([2H])c([2H])c([2H])c1n2-c1ccc(-c2ccc(-n3c4c([2H])c([2H])c([2H])c([2H])c4c4c([2H])c([2H])c([2H])c([2H])c43)cc2C)c(C)c1. The predicted octanol–water partition coefficient (Wildman–Crippen LogP) is 10.2. The van der Waals surface area contributed by atoms with Gasteiger partial charge in [-0.05, 0) is 84.5 Å². The molecule has 6 aromatic carbocycles. The first-order valence-corrected chi connectivity index (χ1v) is 12.6. The van der Waals surface area contributed by atoms with Crippen LogP contribution in [0.3, 0.4) is 0 Å². The fraction of sp³-hybridized carbons (Fsp3) is 0.0526. The van der Waals surface area contributed by atoms with Crippen LogP contribution in [-0.2, 0) is 0 Å². The molecular formula is C38H28N2. The van der Waals surface area contributed by atoms with Gasteiger partial charge in [0, 0.05) is 32.9 Å². The summed E-state index contributed by atoms with van der Waals surface area (Å²) in [5.41, 5.74) is 3.71. The topological polar surface area (TPSA) is 9.86 Å². The lowest BCUT2D eigenvalue weighted by molar-refractivity contribution is 1.16. The third kappa shape index (κ3) is 3.29. The lowest BCUT2D eigenvalue weighted by Gasteiger charge is -2.15. The van der Waals surface area contributed by atoms with Crippen molar-refractivity contribution in [1.82, 2.24) is 9.13 Å². The normalized spacial score (nSPS) is 17.4. The molecule has 0 N–H and O–H groups in total. The minimum absolute atomic E-state index is 0.00723. The van der Waals surface area contributed by atoms with Crippen molar-refractivity contribution in [2.45, 2.75) is 13.8 Å². The number of aromatic nitrogens is 2. The minimum Gasteiger partial charge on any atom is -0.309 e. The van der Waals surface area contributed by atoms with E-state index in [9.17, 15) is 0 Å². The molecule has 2 heteroatoms. The summed E-state index contributed by atoms with van der Waals surface area (Å²) in [6, 6.07) is 3.01.